The predicted octanol–water partition coefficient (Wildman–Crippen LogP) is 4.76. The molecule has 0 aliphatic carbocycles. The minimum absolute atomic E-state index is 0.0338. The number of aliphatic hydroxyl groups is 1. The quantitative estimate of drug-likeness (QED) is 0.386. The fraction of sp³-hybridized carbons (Fsp3) is 0.357. The molecule has 1 aliphatic heterocycles. The van der Waals surface area contributed by atoms with Crippen LogP contribution in [0.15, 0.2) is 64.3 Å². The summed E-state index contributed by atoms with van der Waals surface area (Å²) >= 11 is 0. The number of methoxy groups -OCH3 is 2. The van der Waals surface area contributed by atoms with Crippen molar-refractivity contribution in [1.29, 1.82) is 0 Å². The zero-order valence-corrected chi connectivity index (χ0v) is 21.1. The molecule has 8 heteroatoms. The van der Waals surface area contributed by atoms with Gasteiger partial charge in [-0.15, -0.1) is 0 Å². The van der Waals surface area contributed by atoms with Crippen LogP contribution in [0.1, 0.15) is 42.4 Å². The number of furan rings is 1. The minimum Gasteiger partial charge on any atom is -0.503 e. The van der Waals surface area contributed by atoms with E-state index in [1.165, 1.54) is 12.0 Å². The molecule has 36 heavy (non-hydrogen) atoms. The van der Waals surface area contributed by atoms with Crippen LogP contribution in [0.4, 0.5) is 0 Å². The van der Waals surface area contributed by atoms with E-state index in [0.717, 1.165) is 25.0 Å². The molecule has 1 amide bonds. The molecule has 3 aromatic rings. The number of rotatable bonds is 11. The number of aliphatic hydroxyl groups excluding tert-OH is 1. The third kappa shape index (κ3) is 4.68. The molecule has 0 bridgehead atoms. The van der Waals surface area contributed by atoms with Crippen molar-refractivity contribution in [2.75, 3.05) is 40.4 Å². The molecular weight excluding hydrogens is 460 g/mol. The lowest BCUT2D eigenvalue weighted by Crippen LogP contribution is -2.34. The second-order valence-electron chi connectivity index (χ2n) is 8.63. The molecule has 2 aromatic carbocycles. The van der Waals surface area contributed by atoms with Crippen LogP contribution >= 0.6 is 0 Å². The van der Waals surface area contributed by atoms with Crippen molar-refractivity contribution in [3.8, 4) is 11.5 Å². The van der Waals surface area contributed by atoms with Crippen molar-refractivity contribution in [3.05, 3.63) is 71.2 Å². The van der Waals surface area contributed by atoms with Gasteiger partial charge in [0.05, 0.1) is 25.8 Å². The number of amides is 1. The van der Waals surface area contributed by atoms with Gasteiger partial charge in [0.25, 0.3) is 5.91 Å². The predicted molar refractivity (Wildman–Crippen MR) is 137 cm³/mol. The molecule has 0 saturated carbocycles. The van der Waals surface area contributed by atoms with Gasteiger partial charge < -0.3 is 28.8 Å². The maximum absolute atomic E-state index is 13.8. The summed E-state index contributed by atoms with van der Waals surface area (Å²) in [6.07, 6.45) is 0.676. The van der Waals surface area contributed by atoms with E-state index in [9.17, 15) is 14.7 Å². The Morgan fingerprint density at radius 2 is 1.83 bits per heavy atom. The van der Waals surface area contributed by atoms with E-state index >= 15 is 0 Å². The summed E-state index contributed by atoms with van der Waals surface area (Å²) < 4.78 is 16.8. The topological polar surface area (TPSA) is 92.5 Å². The highest BCUT2D eigenvalue weighted by atomic mass is 16.5. The fourth-order valence-electron chi connectivity index (χ4n) is 4.72. The Labute approximate surface area is 210 Å². The monoisotopic (exact) mass is 492 g/mol. The number of carbonyl (C=O) groups is 2. The van der Waals surface area contributed by atoms with Gasteiger partial charge in [0.15, 0.2) is 11.5 Å². The van der Waals surface area contributed by atoms with Gasteiger partial charge in [0.2, 0.25) is 5.78 Å². The highest BCUT2D eigenvalue weighted by Gasteiger charge is 2.45. The van der Waals surface area contributed by atoms with Gasteiger partial charge >= 0.3 is 0 Å². The SMILES string of the molecule is CCN(CC)CCCN1C(=O)C(O)=C(C(=O)c2cc3ccccc3o2)[C@H]1c1cc(OC)ccc1OC. The number of carbonyl (C=O) groups excluding carboxylic acids is 2. The number of para-hydroxylation sites is 1. The van der Waals surface area contributed by atoms with Crippen molar-refractivity contribution >= 4 is 22.7 Å². The summed E-state index contributed by atoms with van der Waals surface area (Å²) in [5.41, 5.74) is 1.07. The van der Waals surface area contributed by atoms with Gasteiger partial charge in [0, 0.05) is 17.5 Å². The molecule has 4 rings (SSSR count). The maximum atomic E-state index is 13.8. The fourth-order valence-corrected chi connectivity index (χ4v) is 4.72. The van der Waals surface area contributed by atoms with E-state index < -0.39 is 23.5 Å². The number of benzene rings is 2. The summed E-state index contributed by atoms with van der Waals surface area (Å²) in [5, 5.41) is 11.8. The number of Topliss-reactive ketones (excluding diaryl/α,β-unsaturated/α-hetero) is 1. The van der Waals surface area contributed by atoms with Crippen molar-refractivity contribution in [3.63, 3.8) is 0 Å². The molecule has 1 aromatic heterocycles. The van der Waals surface area contributed by atoms with Crippen LogP contribution in [0.25, 0.3) is 11.0 Å². The molecular formula is C28H32N2O6. The molecule has 0 unspecified atom stereocenters. The second kappa shape index (κ2) is 10.9. The van der Waals surface area contributed by atoms with Crippen molar-refractivity contribution in [2.24, 2.45) is 0 Å². The zero-order chi connectivity index (χ0) is 25.8. The average molecular weight is 493 g/mol. The Hall–Kier alpha value is -3.78. The zero-order valence-electron chi connectivity index (χ0n) is 21.1. The molecule has 2 heterocycles. The molecule has 1 aliphatic rings. The normalized spacial score (nSPS) is 15.9. The largest absolute Gasteiger partial charge is 0.503 e. The molecule has 0 spiro atoms. The van der Waals surface area contributed by atoms with Gasteiger partial charge in [0.1, 0.15) is 17.1 Å². The van der Waals surface area contributed by atoms with Crippen LogP contribution < -0.4 is 9.47 Å². The van der Waals surface area contributed by atoms with E-state index in [1.54, 1.807) is 37.4 Å². The Morgan fingerprint density at radius 1 is 1.08 bits per heavy atom. The molecule has 8 nitrogen and oxygen atoms in total. The first-order chi connectivity index (χ1) is 17.4. The van der Waals surface area contributed by atoms with Crippen molar-refractivity contribution in [2.45, 2.75) is 26.3 Å². The first-order valence-electron chi connectivity index (χ1n) is 12.1. The number of ether oxygens (including phenoxy) is 2. The minimum atomic E-state index is -0.861. The number of hydrogen-bond acceptors (Lipinski definition) is 7. The van der Waals surface area contributed by atoms with Crippen LogP contribution in [-0.4, -0.2) is 67.0 Å². The Kier molecular flexibility index (Phi) is 7.64. The number of hydrogen-bond donors (Lipinski definition) is 1. The van der Waals surface area contributed by atoms with E-state index in [-0.39, 0.29) is 11.3 Å². The first-order valence-corrected chi connectivity index (χ1v) is 12.1. The van der Waals surface area contributed by atoms with E-state index in [4.69, 9.17) is 13.9 Å². The first kappa shape index (κ1) is 25.3. The van der Waals surface area contributed by atoms with Gasteiger partial charge in [-0.1, -0.05) is 32.0 Å². The van der Waals surface area contributed by atoms with Crippen LogP contribution in [-0.2, 0) is 4.79 Å². The highest BCUT2D eigenvalue weighted by Crippen LogP contribution is 2.44. The van der Waals surface area contributed by atoms with Crippen LogP contribution in [0.2, 0.25) is 0 Å². The highest BCUT2D eigenvalue weighted by molar-refractivity contribution is 6.16. The number of fused-ring (bicyclic) bond motifs is 1. The molecule has 1 N–H and O–H groups in total. The Morgan fingerprint density at radius 3 is 2.50 bits per heavy atom. The smallest absolute Gasteiger partial charge is 0.290 e. The average Bonchev–Trinajstić information content (AvgIpc) is 3.45. The molecule has 1 atom stereocenters. The van der Waals surface area contributed by atoms with Gasteiger partial charge in [-0.05, 0) is 56.4 Å². The summed E-state index contributed by atoms with van der Waals surface area (Å²) in [7, 11) is 3.07. The summed E-state index contributed by atoms with van der Waals surface area (Å²) in [4.78, 5) is 30.9. The third-order valence-electron chi connectivity index (χ3n) is 6.70. The van der Waals surface area contributed by atoms with Crippen molar-refractivity contribution < 1.29 is 28.6 Å². The van der Waals surface area contributed by atoms with Gasteiger partial charge in [-0.25, -0.2) is 0 Å². The standard InChI is InChI=1S/C28H32N2O6/c1-5-29(6-2)14-9-15-30-25(20-17-19(34-3)12-13-22(20)35-4)24(27(32)28(30)33)26(31)23-16-18-10-7-8-11-21(18)36-23/h7-8,10-13,16-17,25,32H,5-6,9,14-15H2,1-4H3/t25-/m1/s1. The second-order valence-corrected chi connectivity index (χ2v) is 8.63. The molecule has 0 saturated heterocycles. The van der Waals surface area contributed by atoms with E-state index in [2.05, 4.69) is 18.7 Å². The summed E-state index contributed by atoms with van der Waals surface area (Å²) in [5.74, 6) is -0.627. The van der Waals surface area contributed by atoms with Crippen LogP contribution in [0, 0.1) is 0 Å². The molecule has 0 radical (unpaired) electrons. The number of nitrogens with zero attached hydrogens (tertiary/aromatic N) is 2. The maximum Gasteiger partial charge on any atom is 0.290 e. The van der Waals surface area contributed by atoms with Crippen LogP contribution in [0.3, 0.4) is 0 Å². The van der Waals surface area contributed by atoms with Crippen LogP contribution in [0.5, 0.6) is 11.5 Å². The van der Waals surface area contributed by atoms with Gasteiger partial charge in [-0.3, -0.25) is 9.59 Å². The van der Waals surface area contributed by atoms with E-state index in [1.807, 2.05) is 18.2 Å². The summed E-state index contributed by atoms with van der Waals surface area (Å²) in [6, 6.07) is 13.2. The Balaban J connectivity index is 1.78. The van der Waals surface area contributed by atoms with Crippen molar-refractivity contribution in [1.82, 2.24) is 9.80 Å². The molecule has 0 fully saturated rings. The van der Waals surface area contributed by atoms with E-state index in [0.29, 0.717) is 35.6 Å². The van der Waals surface area contributed by atoms with Gasteiger partial charge in [-0.2, -0.15) is 0 Å². The third-order valence-corrected chi connectivity index (χ3v) is 6.70. The number of ketones is 1. The lowest BCUT2D eigenvalue weighted by Gasteiger charge is -2.29. The lowest BCUT2D eigenvalue weighted by molar-refractivity contribution is -0.129. The Bertz CT molecular complexity index is 1260. The summed E-state index contributed by atoms with van der Waals surface area (Å²) in [6.45, 7) is 7.11. The lowest BCUT2D eigenvalue weighted by atomic mass is 9.94. The molecule has 190 valence electrons.